The Kier molecular flexibility index (Phi) is 11.9. The number of rotatable bonds is 8. The van der Waals surface area contributed by atoms with Crippen LogP contribution in [0.1, 0.15) is 107 Å². The predicted octanol–water partition coefficient (Wildman–Crippen LogP) is 8.73. The number of hydrogen-bond acceptors (Lipinski definition) is 8. The number of benzene rings is 3. The van der Waals surface area contributed by atoms with Gasteiger partial charge in [-0.2, -0.15) is 0 Å². The number of nitrogens with one attached hydrogen (secondary N) is 1. The number of ether oxygens (including phenoxy) is 3. The first-order valence-corrected chi connectivity index (χ1v) is 19.1. The number of esters is 2. The summed E-state index contributed by atoms with van der Waals surface area (Å²) in [6, 6.07) is 24.3. The van der Waals surface area contributed by atoms with Gasteiger partial charge < -0.3 is 23.9 Å². The Labute approximate surface area is 312 Å². The molecular formula is C45H53NO7. The first-order chi connectivity index (χ1) is 25.4. The minimum atomic E-state index is -1.09. The Hall–Kier alpha value is -4.69. The molecule has 53 heavy (non-hydrogen) atoms. The van der Waals surface area contributed by atoms with E-state index >= 15 is 0 Å². The summed E-state index contributed by atoms with van der Waals surface area (Å²) in [4.78, 5) is 42.0. The molecule has 0 fully saturated rings. The third kappa shape index (κ3) is 8.93. The average Bonchev–Trinajstić information content (AvgIpc) is 3.12. The van der Waals surface area contributed by atoms with Crippen molar-refractivity contribution >= 4 is 22.9 Å². The van der Waals surface area contributed by atoms with Crippen LogP contribution in [-0.2, 0) is 38.3 Å². The molecule has 3 aromatic carbocycles. The van der Waals surface area contributed by atoms with Crippen LogP contribution >= 0.6 is 0 Å². The van der Waals surface area contributed by atoms with Gasteiger partial charge in [0.05, 0.1) is 5.56 Å². The van der Waals surface area contributed by atoms with E-state index in [1.807, 2.05) is 71.0 Å². The smallest absolute Gasteiger partial charge is 0.339 e. The van der Waals surface area contributed by atoms with Gasteiger partial charge in [0.2, 0.25) is 0 Å². The maximum absolute atomic E-state index is 14.2. The molecule has 7 rings (SSSR count). The highest BCUT2D eigenvalue weighted by molar-refractivity contribution is 5.90. The molecule has 3 aliphatic rings. The molecule has 2 bridgehead atoms. The Morgan fingerprint density at radius 3 is 2.36 bits per heavy atom. The molecule has 0 aliphatic carbocycles. The zero-order valence-corrected chi connectivity index (χ0v) is 32.0. The zero-order chi connectivity index (χ0) is 37.7. The van der Waals surface area contributed by atoms with E-state index < -0.39 is 35.4 Å². The number of aryl methyl sites for hydroxylation is 2. The van der Waals surface area contributed by atoms with Crippen LogP contribution in [0.3, 0.4) is 0 Å². The van der Waals surface area contributed by atoms with E-state index in [-0.39, 0.29) is 23.8 Å². The highest BCUT2D eigenvalue weighted by Gasteiger charge is 2.50. The largest absolute Gasteiger partial charge is 0.483 e. The lowest BCUT2D eigenvalue weighted by Gasteiger charge is -2.43. The summed E-state index contributed by atoms with van der Waals surface area (Å²) < 4.78 is 25.5. The van der Waals surface area contributed by atoms with Gasteiger partial charge >= 0.3 is 17.6 Å². The summed E-state index contributed by atoms with van der Waals surface area (Å²) in [6.07, 6.45) is 2.27. The van der Waals surface area contributed by atoms with Crippen molar-refractivity contribution in [3.63, 3.8) is 0 Å². The van der Waals surface area contributed by atoms with Crippen molar-refractivity contribution in [1.29, 1.82) is 0 Å². The molecule has 4 aromatic rings. The molecule has 8 nitrogen and oxygen atoms in total. The van der Waals surface area contributed by atoms with Crippen molar-refractivity contribution in [2.45, 2.75) is 110 Å². The number of hydrogen-bond donors (Lipinski definition) is 1. The topological polar surface area (TPSA) is 104 Å². The Bertz CT molecular complexity index is 2010. The first kappa shape index (κ1) is 38.0. The number of carbonyl (C=O) groups is 2. The highest BCUT2D eigenvalue weighted by Crippen LogP contribution is 2.47. The fourth-order valence-electron chi connectivity index (χ4n) is 7.64. The Morgan fingerprint density at radius 2 is 1.64 bits per heavy atom. The fraction of sp³-hybridized carbons (Fsp3) is 0.444. The average molecular weight is 720 g/mol. The maximum atomic E-state index is 14.2. The molecule has 280 valence electrons. The van der Waals surface area contributed by atoms with E-state index in [1.165, 1.54) is 5.56 Å². The third-order valence-electron chi connectivity index (χ3n) is 10.8. The standard InChI is InChI=1S/C45H53NO7/c1-7-46-24-23-29(4)36-27-34-20-22-37-39(40(34)51-44(36)49)41-42(45(5,6)53-37)52-43(48)35(28(2)3)21-19-31-13-16-32(17-14-31)25-33(26-38(47)50-41)18-15-30-11-9-8-10-12-30/h8-14,16-17,20,22,27,29,33,41-42,46H,7,15,18-19,21,23-26H2,1-6H3/t29-,33+,41-,42+/m1/s1. The van der Waals surface area contributed by atoms with Gasteiger partial charge in [-0.15, -0.1) is 0 Å². The van der Waals surface area contributed by atoms with Crippen LogP contribution in [0.15, 0.2) is 93.2 Å². The van der Waals surface area contributed by atoms with Crippen LogP contribution in [0.5, 0.6) is 5.75 Å². The van der Waals surface area contributed by atoms with Crippen molar-refractivity contribution in [3.05, 3.63) is 122 Å². The van der Waals surface area contributed by atoms with E-state index in [1.54, 1.807) is 0 Å². The molecule has 4 atom stereocenters. The third-order valence-corrected chi connectivity index (χ3v) is 10.8. The second kappa shape index (κ2) is 16.5. The number of fused-ring (bicyclic) bond motifs is 13. The van der Waals surface area contributed by atoms with E-state index in [2.05, 4.69) is 48.6 Å². The van der Waals surface area contributed by atoms with E-state index in [4.69, 9.17) is 18.6 Å². The molecule has 1 aromatic heterocycles. The quantitative estimate of drug-likeness (QED) is 0.0835. The Morgan fingerprint density at radius 1 is 0.906 bits per heavy atom. The molecule has 0 amide bonds. The van der Waals surface area contributed by atoms with Crippen LogP contribution in [0, 0.1) is 5.92 Å². The van der Waals surface area contributed by atoms with Gasteiger partial charge in [0.15, 0.2) is 12.2 Å². The van der Waals surface area contributed by atoms with Crippen LogP contribution in [0.25, 0.3) is 11.0 Å². The summed E-state index contributed by atoms with van der Waals surface area (Å²) in [5.41, 5.74) is 4.58. The van der Waals surface area contributed by atoms with Gasteiger partial charge in [0, 0.05) is 22.9 Å². The van der Waals surface area contributed by atoms with Gasteiger partial charge in [-0.3, -0.25) is 4.79 Å². The summed E-state index contributed by atoms with van der Waals surface area (Å²) in [7, 11) is 0. The maximum Gasteiger partial charge on any atom is 0.339 e. The molecule has 1 N–H and O–H groups in total. The van der Waals surface area contributed by atoms with Crippen molar-refractivity contribution in [2.24, 2.45) is 5.92 Å². The van der Waals surface area contributed by atoms with Crippen LogP contribution in [0.4, 0.5) is 0 Å². The van der Waals surface area contributed by atoms with Crippen molar-refractivity contribution in [3.8, 4) is 5.75 Å². The molecule has 0 radical (unpaired) electrons. The van der Waals surface area contributed by atoms with Crippen molar-refractivity contribution < 1.29 is 28.2 Å². The van der Waals surface area contributed by atoms with E-state index in [0.717, 1.165) is 49.1 Å². The Balaban J connectivity index is 1.43. The second-order valence-electron chi connectivity index (χ2n) is 15.5. The summed E-state index contributed by atoms with van der Waals surface area (Å²) in [5, 5.41) is 4.00. The number of allylic oxidation sites excluding steroid dienone is 1. The highest BCUT2D eigenvalue weighted by atomic mass is 16.6. The molecule has 8 heteroatoms. The fourth-order valence-corrected chi connectivity index (χ4v) is 7.64. The SMILES string of the molecule is CCNCC[C@@H](C)c1cc2ccc3c(c2oc1=O)[C@H]1OC(=O)C[C@@H](CCc2ccccc2)Cc2ccc(cc2)CCC(=C(C)C)C(=O)O[C@@H]1C(C)(C)O3. The van der Waals surface area contributed by atoms with Gasteiger partial charge in [-0.25, -0.2) is 9.59 Å². The van der Waals surface area contributed by atoms with Gasteiger partial charge in [-0.05, 0) is 126 Å². The number of carbonyl (C=O) groups excluding carboxylic acids is 2. The minimum Gasteiger partial charge on any atom is -0.483 e. The minimum absolute atomic E-state index is 0.0104. The summed E-state index contributed by atoms with van der Waals surface area (Å²) in [5.74, 6) is -0.540. The van der Waals surface area contributed by atoms with Gasteiger partial charge in [0.25, 0.3) is 0 Å². The second-order valence-corrected chi connectivity index (χ2v) is 15.5. The lowest BCUT2D eigenvalue weighted by atomic mass is 9.86. The molecule has 0 spiro atoms. The van der Waals surface area contributed by atoms with Crippen LogP contribution in [-0.4, -0.2) is 36.7 Å². The molecule has 0 unspecified atom stereocenters. The van der Waals surface area contributed by atoms with Crippen molar-refractivity contribution in [2.75, 3.05) is 13.1 Å². The predicted molar refractivity (Wildman–Crippen MR) is 207 cm³/mol. The summed E-state index contributed by atoms with van der Waals surface area (Å²) in [6.45, 7) is 13.2. The lowest BCUT2D eigenvalue weighted by Crippen LogP contribution is -2.52. The molecule has 0 saturated heterocycles. The van der Waals surface area contributed by atoms with E-state index in [9.17, 15) is 14.4 Å². The summed E-state index contributed by atoms with van der Waals surface area (Å²) >= 11 is 0. The van der Waals surface area contributed by atoms with Gasteiger partial charge in [0.1, 0.15) is 16.9 Å². The van der Waals surface area contributed by atoms with Crippen LogP contribution < -0.4 is 15.7 Å². The molecule has 0 saturated carbocycles. The monoisotopic (exact) mass is 719 g/mol. The first-order valence-electron chi connectivity index (χ1n) is 19.1. The lowest BCUT2D eigenvalue weighted by molar-refractivity contribution is -0.188. The van der Waals surface area contributed by atoms with E-state index in [0.29, 0.717) is 47.1 Å². The normalized spacial score (nSPS) is 20.9. The van der Waals surface area contributed by atoms with Gasteiger partial charge in [-0.1, -0.05) is 74.0 Å². The zero-order valence-electron chi connectivity index (χ0n) is 32.0. The molecular weight excluding hydrogens is 666 g/mol. The molecule has 3 aliphatic heterocycles. The van der Waals surface area contributed by atoms with Crippen molar-refractivity contribution in [1.82, 2.24) is 5.32 Å². The molecule has 4 heterocycles. The van der Waals surface area contributed by atoms with Crippen LogP contribution in [0.2, 0.25) is 0 Å².